The van der Waals surface area contributed by atoms with Gasteiger partial charge >= 0.3 is 0 Å². The van der Waals surface area contributed by atoms with Crippen molar-refractivity contribution in [2.24, 2.45) is 5.41 Å². The summed E-state index contributed by atoms with van der Waals surface area (Å²) in [5.41, 5.74) is -0.712. The van der Waals surface area contributed by atoms with Gasteiger partial charge in [-0.25, -0.2) is 0 Å². The molecule has 0 amide bonds. The van der Waals surface area contributed by atoms with Crippen LogP contribution < -0.4 is 0 Å². The zero-order valence-electron chi connectivity index (χ0n) is 7.85. The third-order valence-corrected chi connectivity index (χ3v) is 3.36. The van der Waals surface area contributed by atoms with Crippen LogP contribution in [0.4, 0.5) is 0 Å². The number of aliphatic hydroxyl groups is 1. The van der Waals surface area contributed by atoms with Crippen molar-refractivity contribution in [3.05, 3.63) is 0 Å². The lowest BCUT2D eigenvalue weighted by Gasteiger charge is -2.48. The van der Waals surface area contributed by atoms with E-state index in [-0.39, 0.29) is 11.5 Å². The molecule has 1 aliphatic heterocycles. The van der Waals surface area contributed by atoms with E-state index in [1.54, 1.807) is 0 Å². The first-order valence-electron chi connectivity index (χ1n) is 4.22. The van der Waals surface area contributed by atoms with Gasteiger partial charge in [0.15, 0.2) is 0 Å². The summed E-state index contributed by atoms with van der Waals surface area (Å²) in [5, 5.41) is 9.99. The van der Waals surface area contributed by atoms with Crippen molar-refractivity contribution in [1.82, 2.24) is 0 Å². The molecule has 2 nitrogen and oxygen atoms in total. The summed E-state index contributed by atoms with van der Waals surface area (Å²) in [6.45, 7) is 8.70. The lowest BCUT2D eigenvalue weighted by atomic mass is 9.69. The molecular weight excluding hydrogens is 140 g/mol. The predicted octanol–water partition coefficient (Wildman–Crippen LogP) is 1.57. The minimum Gasteiger partial charge on any atom is -0.389 e. The van der Waals surface area contributed by atoms with Crippen molar-refractivity contribution in [3.8, 4) is 0 Å². The van der Waals surface area contributed by atoms with E-state index in [0.717, 1.165) is 6.42 Å². The largest absolute Gasteiger partial charge is 0.389 e. The van der Waals surface area contributed by atoms with Crippen LogP contribution in [-0.4, -0.2) is 23.4 Å². The second-order valence-corrected chi connectivity index (χ2v) is 4.26. The molecule has 1 fully saturated rings. The Balaban J connectivity index is 2.82. The van der Waals surface area contributed by atoms with Crippen LogP contribution >= 0.6 is 0 Å². The van der Waals surface area contributed by atoms with Gasteiger partial charge in [0.05, 0.1) is 11.7 Å². The molecule has 1 saturated heterocycles. The summed E-state index contributed by atoms with van der Waals surface area (Å²) in [4.78, 5) is 0. The minimum absolute atomic E-state index is 0.134. The van der Waals surface area contributed by atoms with Crippen LogP contribution in [0.3, 0.4) is 0 Å². The number of hydrogen-bond donors (Lipinski definition) is 1. The van der Waals surface area contributed by atoms with Crippen LogP contribution in [-0.2, 0) is 4.74 Å². The molecule has 0 saturated carbocycles. The molecular formula is C9H18O2. The van der Waals surface area contributed by atoms with E-state index in [0.29, 0.717) is 6.61 Å². The Labute approximate surface area is 68.6 Å². The van der Waals surface area contributed by atoms with Crippen LogP contribution in [0.5, 0.6) is 0 Å². The highest BCUT2D eigenvalue weighted by Gasteiger charge is 2.46. The highest BCUT2D eigenvalue weighted by Crippen LogP contribution is 2.41. The average molecular weight is 158 g/mol. The zero-order valence-corrected chi connectivity index (χ0v) is 7.85. The molecule has 2 unspecified atom stereocenters. The minimum atomic E-state index is -0.579. The Hall–Kier alpha value is -0.0800. The van der Waals surface area contributed by atoms with Gasteiger partial charge in [-0.2, -0.15) is 0 Å². The molecule has 1 N–H and O–H groups in total. The number of ether oxygens (including phenoxy) is 1. The third-order valence-electron chi connectivity index (χ3n) is 3.36. The summed E-state index contributed by atoms with van der Waals surface area (Å²) in [7, 11) is 0. The van der Waals surface area contributed by atoms with Crippen LogP contribution in [0.1, 0.15) is 34.1 Å². The normalized spacial score (nSPS) is 43.9. The van der Waals surface area contributed by atoms with Crippen molar-refractivity contribution in [1.29, 1.82) is 0 Å². The van der Waals surface area contributed by atoms with Crippen molar-refractivity contribution in [2.75, 3.05) is 6.61 Å². The standard InChI is InChI=1S/C9H18O2/c1-7-8(2,3)9(4,10)5-6-11-7/h7,10H,5-6H2,1-4H3. The molecule has 2 atom stereocenters. The van der Waals surface area contributed by atoms with Crippen molar-refractivity contribution in [3.63, 3.8) is 0 Å². The summed E-state index contributed by atoms with van der Waals surface area (Å²) >= 11 is 0. The first kappa shape index (κ1) is 9.01. The Morgan fingerprint density at radius 2 is 1.91 bits per heavy atom. The molecule has 1 rings (SSSR count). The van der Waals surface area contributed by atoms with Gasteiger partial charge in [-0.1, -0.05) is 13.8 Å². The van der Waals surface area contributed by atoms with Crippen molar-refractivity contribution < 1.29 is 9.84 Å². The van der Waals surface area contributed by atoms with Gasteiger partial charge in [-0.05, 0) is 20.3 Å². The maximum Gasteiger partial charge on any atom is 0.0716 e. The van der Waals surface area contributed by atoms with Crippen LogP contribution in [0.2, 0.25) is 0 Å². The van der Waals surface area contributed by atoms with Crippen LogP contribution in [0.25, 0.3) is 0 Å². The number of hydrogen-bond acceptors (Lipinski definition) is 2. The van der Waals surface area contributed by atoms with Gasteiger partial charge in [0.25, 0.3) is 0 Å². The van der Waals surface area contributed by atoms with Gasteiger partial charge in [-0.15, -0.1) is 0 Å². The van der Waals surface area contributed by atoms with Crippen LogP contribution in [0, 0.1) is 5.41 Å². The summed E-state index contributed by atoms with van der Waals surface area (Å²) in [6, 6.07) is 0. The predicted molar refractivity (Wildman–Crippen MR) is 44.4 cm³/mol. The SMILES string of the molecule is CC1OCCC(C)(O)C1(C)C. The molecule has 0 spiro atoms. The average Bonchev–Trinajstić information content (AvgIpc) is 1.84. The van der Waals surface area contributed by atoms with E-state index in [2.05, 4.69) is 13.8 Å². The molecule has 0 aromatic heterocycles. The lowest BCUT2D eigenvalue weighted by molar-refractivity contribution is -0.182. The van der Waals surface area contributed by atoms with E-state index >= 15 is 0 Å². The Morgan fingerprint density at radius 3 is 2.27 bits per heavy atom. The molecule has 11 heavy (non-hydrogen) atoms. The Bertz CT molecular complexity index is 150. The molecule has 0 aliphatic carbocycles. The molecule has 0 radical (unpaired) electrons. The van der Waals surface area contributed by atoms with Gasteiger partial charge in [0.2, 0.25) is 0 Å². The zero-order chi connectivity index (χ0) is 8.70. The maximum atomic E-state index is 9.99. The first-order valence-corrected chi connectivity index (χ1v) is 4.22. The van der Waals surface area contributed by atoms with Gasteiger partial charge in [0, 0.05) is 12.0 Å². The number of rotatable bonds is 0. The lowest BCUT2D eigenvalue weighted by Crippen LogP contribution is -2.53. The van der Waals surface area contributed by atoms with E-state index in [1.807, 2.05) is 13.8 Å². The first-order chi connectivity index (χ1) is 4.88. The topological polar surface area (TPSA) is 29.5 Å². The highest BCUT2D eigenvalue weighted by atomic mass is 16.5. The molecule has 2 heteroatoms. The summed E-state index contributed by atoms with van der Waals surface area (Å²) in [5.74, 6) is 0. The molecule has 0 aromatic rings. The molecule has 1 aliphatic rings. The fourth-order valence-electron chi connectivity index (χ4n) is 1.40. The quantitative estimate of drug-likeness (QED) is 0.580. The highest BCUT2D eigenvalue weighted by molar-refractivity contribution is 4.96. The summed E-state index contributed by atoms with van der Waals surface area (Å²) < 4.78 is 5.47. The monoisotopic (exact) mass is 158 g/mol. The summed E-state index contributed by atoms with van der Waals surface area (Å²) in [6.07, 6.45) is 0.885. The third kappa shape index (κ3) is 1.30. The van der Waals surface area contributed by atoms with E-state index in [4.69, 9.17) is 4.74 Å². The van der Waals surface area contributed by atoms with Gasteiger partial charge in [0.1, 0.15) is 0 Å². The fourth-order valence-corrected chi connectivity index (χ4v) is 1.40. The smallest absolute Gasteiger partial charge is 0.0716 e. The second kappa shape index (κ2) is 2.46. The van der Waals surface area contributed by atoms with Gasteiger partial charge < -0.3 is 9.84 Å². The Kier molecular flexibility index (Phi) is 2.01. The van der Waals surface area contributed by atoms with Crippen molar-refractivity contribution >= 4 is 0 Å². The van der Waals surface area contributed by atoms with E-state index in [9.17, 15) is 5.11 Å². The molecule has 0 aromatic carbocycles. The van der Waals surface area contributed by atoms with Crippen molar-refractivity contribution in [2.45, 2.75) is 45.8 Å². The molecule has 66 valence electrons. The second-order valence-electron chi connectivity index (χ2n) is 4.26. The Morgan fingerprint density at radius 1 is 1.36 bits per heavy atom. The molecule has 0 bridgehead atoms. The van der Waals surface area contributed by atoms with E-state index < -0.39 is 5.60 Å². The van der Waals surface area contributed by atoms with Crippen LogP contribution in [0.15, 0.2) is 0 Å². The van der Waals surface area contributed by atoms with Gasteiger partial charge in [-0.3, -0.25) is 0 Å². The molecule has 1 heterocycles. The fraction of sp³-hybridized carbons (Fsp3) is 1.00. The maximum absolute atomic E-state index is 9.99. The van der Waals surface area contributed by atoms with E-state index in [1.165, 1.54) is 0 Å².